The fourth-order valence-corrected chi connectivity index (χ4v) is 2.85. The van der Waals surface area contributed by atoms with Crippen LogP contribution in [0.3, 0.4) is 0 Å². The molecule has 1 aliphatic rings. The van der Waals surface area contributed by atoms with E-state index in [1.165, 1.54) is 0 Å². The first-order valence-electron chi connectivity index (χ1n) is 7.64. The van der Waals surface area contributed by atoms with Crippen molar-refractivity contribution < 1.29 is 13.9 Å². The van der Waals surface area contributed by atoms with E-state index in [1.54, 1.807) is 7.11 Å². The Morgan fingerprint density at radius 3 is 2.70 bits per heavy atom. The van der Waals surface area contributed by atoms with Gasteiger partial charge in [-0.2, -0.15) is 0 Å². The summed E-state index contributed by atoms with van der Waals surface area (Å²) in [5.74, 6) is 1.74. The summed E-state index contributed by atoms with van der Waals surface area (Å²) < 4.78 is 17.5. The highest BCUT2D eigenvalue weighted by Gasteiger charge is 2.29. The van der Waals surface area contributed by atoms with E-state index in [1.807, 2.05) is 19.1 Å². The lowest BCUT2D eigenvalue weighted by molar-refractivity contribution is -0.0812. The standard InChI is InChI=1S/C16H27NO3/c1-4-14(17)16(15-9-8-11(2)19-15)20-13-7-5-6-12(10-13)18-3/h8-9,12-14,16H,4-7,10,17H2,1-3H3. The number of rotatable bonds is 6. The summed E-state index contributed by atoms with van der Waals surface area (Å²) >= 11 is 0. The summed E-state index contributed by atoms with van der Waals surface area (Å²) in [7, 11) is 1.78. The minimum Gasteiger partial charge on any atom is -0.464 e. The Morgan fingerprint density at radius 1 is 1.35 bits per heavy atom. The van der Waals surface area contributed by atoms with E-state index in [2.05, 4.69) is 6.92 Å². The Morgan fingerprint density at radius 2 is 2.10 bits per heavy atom. The number of hydrogen-bond donors (Lipinski definition) is 1. The molecule has 2 N–H and O–H groups in total. The summed E-state index contributed by atoms with van der Waals surface area (Å²) in [6.07, 6.45) is 5.52. The third-order valence-corrected chi connectivity index (χ3v) is 4.15. The molecule has 0 aliphatic heterocycles. The summed E-state index contributed by atoms with van der Waals surface area (Å²) in [4.78, 5) is 0. The van der Waals surface area contributed by atoms with Gasteiger partial charge >= 0.3 is 0 Å². The average Bonchev–Trinajstić information content (AvgIpc) is 2.90. The third kappa shape index (κ3) is 3.84. The van der Waals surface area contributed by atoms with Crippen molar-refractivity contribution in [2.45, 2.75) is 70.3 Å². The predicted molar refractivity (Wildman–Crippen MR) is 78.6 cm³/mol. The molecule has 114 valence electrons. The number of nitrogens with two attached hydrogens (primary N) is 1. The van der Waals surface area contributed by atoms with Crippen molar-refractivity contribution in [1.82, 2.24) is 0 Å². The smallest absolute Gasteiger partial charge is 0.134 e. The Balaban J connectivity index is 2.04. The van der Waals surface area contributed by atoms with Crippen molar-refractivity contribution >= 4 is 0 Å². The SMILES string of the molecule is CCC(N)C(OC1CCCC(OC)C1)c1ccc(C)o1. The van der Waals surface area contributed by atoms with Gasteiger partial charge < -0.3 is 19.6 Å². The van der Waals surface area contributed by atoms with Crippen LogP contribution in [0.1, 0.15) is 56.7 Å². The topological polar surface area (TPSA) is 57.6 Å². The van der Waals surface area contributed by atoms with Crippen LogP contribution in [0, 0.1) is 6.92 Å². The summed E-state index contributed by atoms with van der Waals surface area (Å²) in [6, 6.07) is 3.91. The Bertz CT molecular complexity index is 404. The molecular formula is C16H27NO3. The second-order valence-corrected chi connectivity index (χ2v) is 5.72. The van der Waals surface area contributed by atoms with Crippen molar-refractivity contribution in [2.24, 2.45) is 5.73 Å². The van der Waals surface area contributed by atoms with Gasteiger partial charge in [0.05, 0.1) is 12.2 Å². The maximum Gasteiger partial charge on any atom is 0.134 e. The summed E-state index contributed by atoms with van der Waals surface area (Å²) in [5.41, 5.74) is 6.23. The second kappa shape index (κ2) is 7.25. The van der Waals surface area contributed by atoms with Crippen LogP contribution in [-0.4, -0.2) is 25.4 Å². The van der Waals surface area contributed by atoms with E-state index in [4.69, 9.17) is 19.6 Å². The van der Waals surface area contributed by atoms with Crippen LogP contribution in [0.4, 0.5) is 0 Å². The molecule has 4 nitrogen and oxygen atoms in total. The zero-order valence-corrected chi connectivity index (χ0v) is 12.8. The number of hydrogen-bond acceptors (Lipinski definition) is 4. The molecular weight excluding hydrogens is 254 g/mol. The number of methoxy groups -OCH3 is 1. The Labute approximate surface area is 121 Å². The van der Waals surface area contributed by atoms with Crippen LogP contribution < -0.4 is 5.73 Å². The van der Waals surface area contributed by atoms with E-state index >= 15 is 0 Å². The molecule has 1 aliphatic carbocycles. The molecule has 4 heteroatoms. The first-order valence-corrected chi connectivity index (χ1v) is 7.64. The van der Waals surface area contributed by atoms with Crippen LogP contribution in [0.15, 0.2) is 16.5 Å². The molecule has 0 radical (unpaired) electrons. The van der Waals surface area contributed by atoms with Gasteiger partial charge in [0, 0.05) is 13.2 Å². The predicted octanol–water partition coefficient (Wildman–Crippen LogP) is 3.34. The van der Waals surface area contributed by atoms with Crippen LogP contribution in [-0.2, 0) is 9.47 Å². The molecule has 1 fully saturated rings. The van der Waals surface area contributed by atoms with Gasteiger partial charge in [0.25, 0.3) is 0 Å². The summed E-state index contributed by atoms with van der Waals surface area (Å²) in [5, 5.41) is 0. The molecule has 4 unspecified atom stereocenters. The molecule has 0 spiro atoms. The van der Waals surface area contributed by atoms with Crippen LogP contribution in [0.2, 0.25) is 0 Å². The average molecular weight is 281 g/mol. The van der Waals surface area contributed by atoms with E-state index in [0.29, 0.717) is 6.10 Å². The number of furan rings is 1. The van der Waals surface area contributed by atoms with Crippen LogP contribution >= 0.6 is 0 Å². The molecule has 1 saturated carbocycles. The molecule has 1 aromatic rings. The molecule has 4 atom stereocenters. The fourth-order valence-electron chi connectivity index (χ4n) is 2.85. The largest absolute Gasteiger partial charge is 0.464 e. The summed E-state index contributed by atoms with van der Waals surface area (Å²) in [6.45, 7) is 4.02. The van der Waals surface area contributed by atoms with E-state index in [9.17, 15) is 0 Å². The van der Waals surface area contributed by atoms with E-state index < -0.39 is 0 Å². The van der Waals surface area contributed by atoms with Gasteiger partial charge in [0.1, 0.15) is 17.6 Å². The van der Waals surface area contributed by atoms with Gasteiger partial charge in [-0.3, -0.25) is 0 Å². The molecule has 1 aromatic heterocycles. The fraction of sp³-hybridized carbons (Fsp3) is 0.750. The van der Waals surface area contributed by atoms with Gasteiger partial charge in [-0.15, -0.1) is 0 Å². The van der Waals surface area contributed by atoms with Crippen molar-refractivity contribution in [3.63, 3.8) is 0 Å². The third-order valence-electron chi connectivity index (χ3n) is 4.15. The van der Waals surface area contributed by atoms with Gasteiger partial charge in [-0.1, -0.05) is 6.92 Å². The maximum atomic E-state index is 6.28. The zero-order valence-electron chi connectivity index (χ0n) is 12.8. The van der Waals surface area contributed by atoms with Crippen LogP contribution in [0.5, 0.6) is 0 Å². The van der Waals surface area contributed by atoms with Crippen molar-refractivity contribution in [3.05, 3.63) is 23.7 Å². The van der Waals surface area contributed by atoms with E-state index in [-0.39, 0.29) is 18.2 Å². The normalized spacial score (nSPS) is 26.4. The number of ether oxygens (including phenoxy) is 2. The van der Waals surface area contributed by atoms with Crippen molar-refractivity contribution in [3.8, 4) is 0 Å². The molecule has 2 rings (SSSR count). The number of aryl methyl sites for hydroxylation is 1. The monoisotopic (exact) mass is 281 g/mol. The highest BCUT2D eigenvalue weighted by atomic mass is 16.5. The van der Waals surface area contributed by atoms with Crippen LogP contribution in [0.25, 0.3) is 0 Å². The Hall–Kier alpha value is -0.840. The highest BCUT2D eigenvalue weighted by Crippen LogP contribution is 2.31. The Kier molecular flexibility index (Phi) is 5.64. The molecule has 0 bridgehead atoms. The first kappa shape index (κ1) is 15.5. The van der Waals surface area contributed by atoms with Gasteiger partial charge in [-0.05, 0) is 51.2 Å². The van der Waals surface area contributed by atoms with Crippen molar-refractivity contribution in [1.29, 1.82) is 0 Å². The lowest BCUT2D eigenvalue weighted by Crippen LogP contribution is -2.35. The molecule has 0 aromatic carbocycles. The molecule has 20 heavy (non-hydrogen) atoms. The molecule has 1 heterocycles. The molecule has 0 amide bonds. The molecule has 0 saturated heterocycles. The van der Waals surface area contributed by atoms with Gasteiger partial charge in [-0.25, -0.2) is 0 Å². The lowest BCUT2D eigenvalue weighted by atomic mass is 9.94. The van der Waals surface area contributed by atoms with Gasteiger partial charge in [0.15, 0.2) is 0 Å². The van der Waals surface area contributed by atoms with E-state index in [0.717, 1.165) is 43.6 Å². The van der Waals surface area contributed by atoms with Crippen molar-refractivity contribution in [2.75, 3.05) is 7.11 Å². The second-order valence-electron chi connectivity index (χ2n) is 5.72. The quantitative estimate of drug-likeness (QED) is 0.869. The zero-order chi connectivity index (χ0) is 14.5. The highest BCUT2D eigenvalue weighted by molar-refractivity contribution is 5.10. The van der Waals surface area contributed by atoms with Gasteiger partial charge in [0.2, 0.25) is 0 Å². The maximum absolute atomic E-state index is 6.28. The first-order chi connectivity index (χ1) is 9.63. The minimum absolute atomic E-state index is 0.0385. The lowest BCUT2D eigenvalue weighted by Gasteiger charge is -2.32. The minimum atomic E-state index is -0.158.